The molecule has 0 aliphatic heterocycles. The fourth-order valence-corrected chi connectivity index (χ4v) is 3.13. The van der Waals surface area contributed by atoms with E-state index < -0.39 is 0 Å². The average Bonchev–Trinajstić information content (AvgIpc) is 2.33. The Hall–Kier alpha value is -1.06. The van der Waals surface area contributed by atoms with Gasteiger partial charge in [0.2, 0.25) is 0 Å². The summed E-state index contributed by atoms with van der Waals surface area (Å²) in [6, 6.07) is 8.49. The van der Waals surface area contributed by atoms with E-state index in [2.05, 4.69) is 31.1 Å². The first-order valence-electron chi connectivity index (χ1n) is 6.54. The lowest BCUT2D eigenvalue weighted by Crippen LogP contribution is -2.45. The minimum absolute atomic E-state index is 0.0398. The third-order valence-electron chi connectivity index (χ3n) is 4.19. The molecule has 2 rings (SSSR count). The topological polar surface area (TPSA) is 32.7 Å². The van der Waals surface area contributed by atoms with Crippen molar-refractivity contribution in [2.75, 3.05) is 27.8 Å². The Balaban J connectivity index is 2.29. The molecular weight excluding hydrogens is 226 g/mol. The molecule has 1 fully saturated rings. The second-order valence-electron chi connectivity index (χ2n) is 5.51. The van der Waals surface area contributed by atoms with E-state index in [1.807, 2.05) is 12.1 Å². The number of hydrogen-bond acceptors (Lipinski definition) is 3. The summed E-state index contributed by atoms with van der Waals surface area (Å²) >= 11 is 0. The van der Waals surface area contributed by atoms with Crippen molar-refractivity contribution in [3.63, 3.8) is 0 Å². The third-order valence-corrected chi connectivity index (χ3v) is 4.19. The highest BCUT2D eigenvalue weighted by Crippen LogP contribution is 2.51. The molecule has 0 spiro atoms. The summed E-state index contributed by atoms with van der Waals surface area (Å²) in [7, 11) is 5.86. The zero-order valence-electron chi connectivity index (χ0n) is 11.5. The Morgan fingerprint density at radius 3 is 2.22 bits per heavy atom. The van der Waals surface area contributed by atoms with E-state index in [9.17, 15) is 5.11 Å². The van der Waals surface area contributed by atoms with Crippen molar-refractivity contribution in [3.05, 3.63) is 29.8 Å². The molecule has 0 heterocycles. The Morgan fingerprint density at radius 1 is 1.28 bits per heavy atom. The predicted molar refractivity (Wildman–Crippen MR) is 72.8 cm³/mol. The first-order valence-corrected chi connectivity index (χ1v) is 6.54. The Labute approximate surface area is 109 Å². The van der Waals surface area contributed by atoms with Gasteiger partial charge >= 0.3 is 0 Å². The molecule has 1 aromatic carbocycles. The Morgan fingerprint density at radius 2 is 1.89 bits per heavy atom. The highest BCUT2D eigenvalue weighted by molar-refractivity contribution is 5.30. The summed E-state index contributed by atoms with van der Waals surface area (Å²) in [5.74, 6) is 0.878. The number of benzene rings is 1. The van der Waals surface area contributed by atoms with Gasteiger partial charge < -0.3 is 14.7 Å². The molecule has 0 radical (unpaired) electrons. The zero-order valence-corrected chi connectivity index (χ0v) is 11.5. The van der Waals surface area contributed by atoms with Gasteiger partial charge in [0.25, 0.3) is 0 Å². The largest absolute Gasteiger partial charge is 0.497 e. The van der Waals surface area contributed by atoms with Crippen molar-refractivity contribution in [1.82, 2.24) is 4.90 Å². The molecule has 1 unspecified atom stereocenters. The fraction of sp³-hybridized carbons (Fsp3) is 0.600. The van der Waals surface area contributed by atoms with Gasteiger partial charge in [0, 0.05) is 11.5 Å². The molecule has 100 valence electrons. The molecule has 1 aliphatic rings. The number of methoxy groups -OCH3 is 1. The number of rotatable bonds is 5. The van der Waals surface area contributed by atoms with Gasteiger partial charge in [-0.05, 0) is 44.6 Å². The van der Waals surface area contributed by atoms with Crippen LogP contribution in [-0.2, 0) is 0 Å². The molecule has 1 atom stereocenters. The van der Waals surface area contributed by atoms with Crippen LogP contribution in [0, 0.1) is 5.41 Å². The van der Waals surface area contributed by atoms with Gasteiger partial charge in [-0.2, -0.15) is 0 Å². The van der Waals surface area contributed by atoms with Crippen LogP contribution < -0.4 is 4.74 Å². The summed E-state index contributed by atoms with van der Waals surface area (Å²) in [6.45, 7) is 0.266. The van der Waals surface area contributed by atoms with E-state index in [1.54, 1.807) is 7.11 Å². The van der Waals surface area contributed by atoms with Gasteiger partial charge in [0.1, 0.15) is 5.75 Å². The first kappa shape index (κ1) is 13.4. The van der Waals surface area contributed by atoms with Crippen LogP contribution in [0.5, 0.6) is 5.75 Å². The van der Waals surface area contributed by atoms with Crippen molar-refractivity contribution in [2.24, 2.45) is 5.41 Å². The van der Waals surface area contributed by atoms with Gasteiger partial charge in [0.05, 0.1) is 13.7 Å². The van der Waals surface area contributed by atoms with Crippen molar-refractivity contribution in [2.45, 2.75) is 25.3 Å². The zero-order chi connectivity index (χ0) is 13.2. The van der Waals surface area contributed by atoms with E-state index in [0.717, 1.165) is 18.6 Å². The molecule has 1 N–H and O–H groups in total. The number of hydrogen-bond donors (Lipinski definition) is 1. The lowest BCUT2D eigenvalue weighted by molar-refractivity contribution is -0.0308. The molecule has 18 heavy (non-hydrogen) atoms. The molecule has 1 aromatic rings. The lowest BCUT2D eigenvalue weighted by atomic mass is 9.62. The van der Waals surface area contributed by atoms with Crippen molar-refractivity contribution in [3.8, 4) is 5.75 Å². The molecule has 0 amide bonds. The average molecular weight is 249 g/mol. The molecule has 0 bridgehead atoms. The van der Waals surface area contributed by atoms with Crippen LogP contribution in [0.1, 0.15) is 30.9 Å². The van der Waals surface area contributed by atoms with Crippen LogP contribution in [0.25, 0.3) is 0 Å². The van der Waals surface area contributed by atoms with E-state index in [-0.39, 0.29) is 18.1 Å². The monoisotopic (exact) mass is 249 g/mol. The predicted octanol–water partition coefficient (Wildman–Crippen LogP) is 2.46. The standard InChI is InChI=1S/C15H23NO2/c1-16(2)14(15(11-17)9-4-10-15)12-5-7-13(18-3)8-6-12/h5-8,14,17H,4,9-11H2,1-3H3. The van der Waals surface area contributed by atoms with Gasteiger partial charge in [-0.1, -0.05) is 18.6 Å². The lowest BCUT2D eigenvalue weighted by Gasteiger charge is -2.49. The van der Waals surface area contributed by atoms with Gasteiger partial charge in [-0.15, -0.1) is 0 Å². The van der Waals surface area contributed by atoms with E-state index in [0.29, 0.717) is 0 Å². The van der Waals surface area contributed by atoms with Crippen LogP contribution in [-0.4, -0.2) is 37.8 Å². The number of ether oxygens (including phenoxy) is 1. The Kier molecular flexibility index (Phi) is 3.93. The van der Waals surface area contributed by atoms with Gasteiger partial charge in [-0.25, -0.2) is 0 Å². The summed E-state index contributed by atoms with van der Waals surface area (Å²) < 4.78 is 5.20. The highest BCUT2D eigenvalue weighted by Gasteiger charge is 2.45. The van der Waals surface area contributed by atoms with Gasteiger partial charge in [0.15, 0.2) is 0 Å². The quantitative estimate of drug-likeness (QED) is 0.870. The minimum atomic E-state index is 0.0398. The molecular formula is C15H23NO2. The van der Waals surface area contributed by atoms with Crippen LogP contribution in [0.2, 0.25) is 0 Å². The van der Waals surface area contributed by atoms with Crippen LogP contribution in [0.3, 0.4) is 0 Å². The van der Waals surface area contributed by atoms with Crippen molar-refractivity contribution in [1.29, 1.82) is 0 Å². The number of nitrogens with zero attached hydrogens (tertiary/aromatic N) is 1. The molecule has 1 saturated carbocycles. The van der Waals surface area contributed by atoms with Crippen molar-refractivity contribution >= 4 is 0 Å². The molecule has 1 aliphatic carbocycles. The van der Waals surface area contributed by atoms with Crippen molar-refractivity contribution < 1.29 is 9.84 Å². The van der Waals surface area contributed by atoms with E-state index in [4.69, 9.17) is 4.74 Å². The maximum absolute atomic E-state index is 9.77. The maximum atomic E-state index is 9.77. The van der Waals surface area contributed by atoms with Gasteiger partial charge in [-0.3, -0.25) is 0 Å². The summed E-state index contributed by atoms with van der Waals surface area (Å²) in [6.07, 6.45) is 3.44. The molecule has 0 saturated heterocycles. The van der Waals surface area contributed by atoms with E-state index in [1.165, 1.54) is 12.0 Å². The Bertz CT molecular complexity index is 376. The molecule has 3 nitrogen and oxygen atoms in total. The molecule has 3 heteroatoms. The summed E-state index contributed by atoms with van der Waals surface area (Å²) in [4.78, 5) is 2.22. The minimum Gasteiger partial charge on any atom is -0.497 e. The smallest absolute Gasteiger partial charge is 0.118 e. The normalized spacial score (nSPS) is 19.4. The second kappa shape index (κ2) is 5.29. The second-order valence-corrected chi connectivity index (χ2v) is 5.51. The fourth-order valence-electron chi connectivity index (χ4n) is 3.13. The number of aliphatic hydroxyl groups is 1. The van der Waals surface area contributed by atoms with E-state index >= 15 is 0 Å². The SMILES string of the molecule is COc1ccc(C(N(C)C)C2(CO)CCC2)cc1. The maximum Gasteiger partial charge on any atom is 0.118 e. The summed E-state index contributed by atoms with van der Waals surface area (Å²) in [5.41, 5.74) is 1.30. The summed E-state index contributed by atoms with van der Waals surface area (Å²) in [5, 5.41) is 9.77. The first-order chi connectivity index (χ1) is 8.63. The van der Waals surface area contributed by atoms with Crippen LogP contribution >= 0.6 is 0 Å². The van der Waals surface area contributed by atoms with Crippen LogP contribution in [0.15, 0.2) is 24.3 Å². The number of aliphatic hydroxyl groups excluding tert-OH is 1. The highest BCUT2D eigenvalue weighted by atomic mass is 16.5. The molecule has 0 aromatic heterocycles. The third kappa shape index (κ3) is 2.25. The van der Waals surface area contributed by atoms with Crippen LogP contribution in [0.4, 0.5) is 0 Å².